The van der Waals surface area contributed by atoms with Gasteiger partial charge in [-0.3, -0.25) is 4.79 Å². The van der Waals surface area contributed by atoms with E-state index < -0.39 is 5.91 Å². The molecule has 0 atom stereocenters. The number of nitriles is 2. The highest BCUT2D eigenvalue weighted by molar-refractivity contribution is 5.93. The van der Waals surface area contributed by atoms with Crippen molar-refractivity contribution >= 4 is 11.7 Å². The molecule has 0 aliphatic rings. The molecule has 7 nitrogen and oxygen atoms in total. The Morgan fingerprint density at radius 1 is 1.06 bits per heavy atom. The number of anilines is 1. The summed E-state index contributed by atoms with van der Waals surface area (Å²) in [5, 5.41) is 21.5. The van der Waals surface area contributed by atoms with E-state index in [1.165, 1.54) is 7.11 Å². The van der Waals surface area contributed by atoms with Crippen LogP contribution >= 0.6 is 0 Å². The van der Waals surface area contributed by atoms with E-state index in [0.29, 0.717) is 35.0 Å². The summed E-state index contributed by atoms with van der Waals surface area (Å²) in [5.74, 6) is 0.754. The van der Waals surface area contributed by atoms with Gasteiger partial charge in [-0.15, -0.1) is 0 Å². The first-order valence-electron chi connectivity index (χ1n) is 9.63. The van der Waals surface area contributed by atoms with Gasteiger partial charge in [0, 0.05) is 18.3 Å². The molecule has 0 aliphatic heterocycles. The minimum absolute atomic E-state index is 0.276. The number of nitrogens with zero attached hydrogens (tertiary/aromatic N) is 3. The highest BCUT2D eigenvalue weighted by atomic mass is 16.5. The summed E-state index contributed by atoms with van der Waals surface area (Å²) in [4.78, 5) is 12.6. The molecular formula is C24H22N4O3. The molecule has 0 radical (unpaired) electrons. The molecule has 0 bridgehead atoms. The number of ether oxygens (including phenoxy) is 2. The van der Waals surface area contributed by atoms with Gasteiger partial charge in [-0.2, -0.15) is 10.5 Å². The van der Waals surface area contributed by atoms with Crippen molar-refractivity contribution in [2.45, 2.75) is 20.4 Å². The molecule has 2 aromatic carbocycles. The first-order valence-corrected chi connectivity index (χ1v) is 9.63. The second kappa shape index (κ2) is 9.51. The zero-order chi connectivity index (χ0) is 22.4. The Kier molecular flexibility index (Phi) is 6.59. The molecule has 7 heteroatoms. The number of amides is 1. The fraction of sp³-hybridized carbons (Fsp3) is 0.208. The van der Waals surface area contributed by atoms with Crippen molar-refractivity contribution in [1.29, 1.82) is 10.5 Å². The third kappa shape index (κ3) is 4.68. The number of aromatic nitrogens is 1. The van der Waals surface area contributed by atoms with Crippen molar-refractivity contribution in [3.63, 3.8) is 0 Å². The quantitative estimate of drug-likeness (QED) is 0.631. The van der Waals surface area contributed by atoms with E-state index in [1.54, 1.807) is 18.2 Å². The number of methoxy groups -OCH3 is 1. The fourth-order valence-corrected chi connectivity index (χ4v) is 3.26. The van der Waals surface area contributed by atoms with Gasteiger partial charge in [-0.25, -0.2) is 0 Å². The molecule has 1 aromatic heterocycles. The van der Waals surface area contributed by atoms with Gasteiger partial charge in [0.2, 0.25) is 0 Å². The number of carbonyl (C=O) groups is 1. The second-order valence-corrected chi connectivity index (χ2v) is 6.93. The largest absolute Gasteiger partial charge is 0.493 e. The van der Waals surface area contributed by atoms with Crippen LogP contribution in [0.3, 0.4) is 0 Å². The number of rotatable bonds is 7. The van der Waals surface area contributed by atoms with Crippen molar-refractivity contribution in [3.8, 4) is 23.6 Å². The molecule has 1 amide bonds. The Morgan fingerprint density at radius 3 is 2.45 bits per heavy atom. The minimum Gasteiger partial charge on any atom is -0.493 e. The average Bonchev–Trinajstić information content (AvgIpc) is 3.01. The second-order valence-electron chi connectivity index (χ2n) is 6.93. The number of benzene rings is 2. The predicted octanol–water partition coefficient (Wildman–Crippen LogP) is 3.92. The summed E-state index contributed by atoms with van der Waals surface area (Å²) < 4.78 is 12.7. The third-order valence-electron chi connectivity index (χ3n) is 5.03. The molecule has 0 fully saturated rings. The number of hydrogen-bond donors (Lipinski definition) is 1. The molecule has 0 aliphatic carbocycles. The first-order chi connectivity index (χ1) is 15.0. The van der Waals surface area contributed by atoms with Crippen LogP contribution in [0.4, 0.5) is 5.82 Å². The van der Waals surface area contributed by atoms with E-state index in [9.17, 15) is 10.1 Å². The predicted molar refractivity (Wildman–Crippen MR) is 116 cm³/mol. The molecule has 3 rings (SSSR count). The first kappa shape index (κ1) is 21.5. The zero-order valence-corrected chi connectivity index (χ0v) is 17.6. The topological polar surface area (TPSA) is 100 Å². The third-order valence-corrected chi connectivity index (χ3v) is 5.03. The van der Waals surface area contributed by atoms with Crippen LogP contribution in [0.1, 0.15) is 27.9 Å². The molecule has 1 heterocycles. The summed E-state index contributed by atoms with van der Waals surface area (Å²) in [5.41, 5.74) is 3.64. The number of hydrogen-bond acceptors (Lipinski definition) is 5. The minimum atomic E-state index is -0.408. The Labute approximate surface area is 181 Å². The molecule has 3 aromatic rings. The lowest BCUT2D eigenvalue weighted by Gasteiger charge is -2.14. The van der Waals surface area contributed by atoms with Gasteiger partial charge in [0.1, 0.15) is 11.9 Å². The van der Waals surface area contributed by atoms with Crippen LogP contribution in [0.25, 0.3) is 0 Å². The Balaban J connectivity index is 1.80. The van der Waals surface area contributed by atoms with Gasteiger partial charge in [-0.1, -0.05) is 30.3 Å². The molecular weight excluding hydrogens is 392 g/mol. The van der Waals surface area contributed by atoms with Crippen molar-refractivity contribution in [2.75, 3.05) is 19.0 Å². The molecule has 31 heavy (non-hydrogen) atoms. The number of carbonyl (C=O) groups excluding carboxylic acids is 1. The standard InChI is InChI=1S/C24H22N4O3/c1-16-17(2)28(14-18-7-5-4-6-8-18)24(20(16)13-26)27-23(29)15-31-21-10-9-19(12-25)11-22(21)30-3/h4-11H,14-15H2,1-3H3,(H,27,29). The smallest absolute Gasteiger partial charge is 0.263 e. The van der Waals surface area contributed by atoms with Crippen LogP contribution < -0.4 is 14.8 Å². The summed E-state index contributed by atoms with van der Waals surface area (Å²) in [7, 11) is 1.46. The molecule has 0 unspecified atom stereocenters. The van der Waals surface area contributed by atoms with Gasteiger partial charge >= 0.3 is 0 Å². The maximum atomic E-state index is 12.6. The highest BCUT2D eigenvalue weighted by Gasteiger charge is 2.20. The van der Waals surface area contributed by atoms with Crippen molar-refractivity contribution < 1.29 is 14.3 Å². The zero-order valence-electron chi connectivity index (χ0n) is 17.6. The highest BCUT2D eigenvalue weighted by Crippen LogP contribution is 2.29. The lowest BCUT2D eigenvalue weighted by molar-refractivity contribution is -0.118. The molecule has 0 saturated carbocycles. The van der Waals surface area contributed by atoms with E-state index in [0.717, 1.165) is 16.8 Å². The molecule has 1 N–H and O–H groups in total. The van der Waals surface area contributed by atoms with Crippen LogP contribution in [0.5, 0.6) is 11.5 Å². The molecule has 156 valence electrons. The fourth-order valence-electron chi connectivity index (χ4n) is 3.26. The van der Waals surface area contributed by atoms with Crippen LogP contribution in [-0.4, -0.2) is 24.2 Å². The maximum Gasteiger partial charge on any atom is 0.263 e. The van der Waals surface area contributed by atoms with E-state index in [1.807, 2.05) is 54.8 Å². The van der Waals surface area contributed by atoms with Gasteiger partial charge in [0.05, 0.1) is 24.3 Å². The van der Waals surface area contributed by atoms with Crippen molar-refractivity contribution in [2.24, 2.45) is 0 Å². The van der Waals surface area contributed by atoms with E-state index >= 15 is 0 Å². The van der Waals surface area contributed by atoms with Gasteiger partial charge < -0.3 is 19.4 Å². The SMILES string of the molecule is COc1cc(C#N)ccc1OCC(=O)Nc1c(C#N)c(C)c(C)n1Cc1ccccc1. The van der Waals surface area contributed by atoms with E-state index in [4.69, 9.17) is 14.7 Å². The Morgan fingerprint density at radius 2 is 1.81 bits per heavy atom. The summed E-state index contributed by atoms with van der Waals surface area (Å²) in [6, 6.07) is 18.7. The molecule has 0 saturated heterocycles. The Bertz CT molecular complexity index is 1180. The van der Waals surface area contributed by atoms with E-state index in [-0.39, 0.29) is 6.61 Å². The van der Waals surface area contributed by atoms with Crippen LogP contribution in [0.15, 0.2) is 48.5 Å². The lowest BCUT2D eigenvalue weighted by Crippen LogP contribution is -2.23. The number of nitrogens with one attached hydrogen (secondary N) is 1. The van der Waals surface area contributed by atoms with Gasteiger partial charge in [0.15, 0.2) is 18.1 Å². The van der Waals surface area contributed by atoms with Crippen molar-refractivity contribution in [3.05, 3.63) is 76.5 Å². The normalized spacial score (nSPS) is 10.1. The average molecular weight is 414 g/mol. The van der Waals surface area contributed by atoms with Crippen LogP contribution in [0, 0.1) is 36.5 Å². The monoisotopic (exact) mass is 414 g/mol. The van der Waals surface area contributed by atoms with Crippen LogP contribution in [-0.2, 0) is 11.3 Å². The van der Waals surface area contributed by atoms with Gasteiger partial charge in [-0.05, 0) is 37.1 Å². The summed E-state index contributed by atoms with van der Waals surface area (Å²) in [6.45, 7) is 4.03. The summed E-state index contributed by atoms with van der Waals surface area (Å²) in [6.07, 6.45) is 0. The maximum absolute atomic E-state index is 12.6. The Hall–Kier alpha value is -4.23. The van der Waals surface area contributed by atoms with Gasteiger partial charge in [0.25, 0.3) is 5.91 Å². The molecule has 0 spiro atoms. The summed E-state index contributed by atoms with van der Waals surface area (Å²) >= 11 is 0. The lowest BCUT2D eigenvalue weighted by atomic mass is 10.2. The van der Waals surface area contributed by atoms with Crippen molar-refractivity contribution in [1.82, 2.24) is 4.57 Å². The van der Waals surface area contributed by atoms with Crippen LogP contribution in [0.2, 0.25) is 0 Å². The van der Waals surface area contributed by atoms with E-state index in [2.05, 4.69) is 11.4 Å².